The van der Waals surface area contributed by atoms with Crippen molar-refractivity contribution in [1.82, 2.24) is 5.32 Å². The Morgan fingerprint density at radius 1 is 1.32 bits per heavy atom. The van der Waals surface area contributed by atoms with Gasteiger partial charge in [0.05, 0.1) is 5.84 Å². The van der Waals surface area contributed by atoms with E-state index in [0.29, 0.717) is 18.3 Å². The Morgan fingerprint density at radius 3 is 2.00 bits per heavy atom. The number of nitrogens with two attached hydrogens (primary N) is 3. The Bertz CT molecular complexity index is 318. The maximum absolute atomic E-state index is 6.93. The van der Waals surface area contributed by atoms with Gasteiger partial charge < -0.3 is 40.7 Å². The van der Waals surface area contributed by atoms with E-state index >= 15 is 0 Å². The number of amidine groups is 1. The van der Waals surface area contributed by atoms with Crippen molar-refractivity contribution in [3.8, 4) is 0 Å². The molecule has 0 atom stereocenters. The number of hydrogen-bond acceptors (Lipinski definition) is 3. The predicted molar refractivity (Wildman–Crippen MR) is 78.6 cm³/mol. The molecule has 0 aliphatic rings. The van der Waals surface area contributed by atoms with Crippen LogP contribution in [0.4, 0.5) is 0 Å². The molecular weight excluding hydrogens is 323 g/mol. The van der Waals surface area contributed by atoms with E-state index < -0.39 is 0 Å². The molecule has 109 valence electrons. The average Bonchev–Trinajstić information content (AvgIpc) is 2.16. The topological polar surface area (TPSA) is 175 Å². The molecule has 9 N–H and O–H groups in total. The van der Waals surface area contributed by atoms with Crippen molar-refractivity contribution in [3.63, 3.8) is 0 Å². The molecule has 0 amide bonds. The average molecular weight is 346 g/mol. The van der Waals surface area contributed by atoms with Crippen LogP contribution in [0.5, 0.6) is 0 Å². The second-order valence-corrected chi connectivity index (χ2v) is 2.69. The van der Waals surface area contributed by atoms with Gasteiger partial charge in [-0.3, -0.25) is 15.4 Å². The minimum atomic E-state index is -0.326. The molecule has 9 nitrogen and oxygen atoms in total. The van der Waals surface area contributed by atoms with Crippen molar-refractivity contribution >= 4 is 23.7 Å². The van der Waals surface area contributed by atoms with Gasteiger partial charge in [0.25, 0.3) is 0 Å². The summed E-state index contributed by atoms with van der Waals surface area (Å²) in [4.78, 5) is 10.5. The molecule has 0 spiro atoms. The van der Waals surface area contributed by atoms with Gasteiger partial charge in [0.1, 0.15) is 5.96 Å². The van der Waals surface area contributed by atoms with Gasteiger partial charge >= 0.3 is 0 Å². The third-order valence-corrected chi connectivity index (χ3v) is 1.11. The summed E-state index contributed by atoms with van der Waals surface area (Å²) in [6.45, 7) is 4.14. The van der Waals surface area contributed by atoms with Crippen LogP contribution in [-0.2, 0) is 32.7 Å². The largest absolute Gasteiger partial charge is 0.454 e. The Labute approximate surface area is 139 Å². The van der Waals surface area contributed by atoms with Gasteiger partial charge in [0.15, 0.2) is 5.96 Å². The van der Waals surface area contributed by atoms with E-state index in [0.717, 1.165) is 0 Å². The van der Waals surface area contributed by atoms with Crippen molar-refractivity contribution in [2.24, 2.45) is 32.2 Å². The molecule has 0 fully saturated rings. The van der Waals surface area contributed by atoms with Gasteiger partial charge in [0.2, 0.25) is 0 Å². The first-order valence-corrected chi connectivity index (χ1v) is 4.73. The molecule has 0 heterocycles. The van der Waals surface area contributed by atoms with E-state index in [1.807, 2.05) is 6.92 Å². The van der Waals surface area contributed by atoms with Crippen molar-refractivity contribution in [2.45, 2.75) is 13.8 Å². The van der Waals surface area contributed by atoms with Crippen molar-refractivity contribution in [2.75, 3.05) is 13.6 Å². The van der Waals surface area contributed by atoms with E-state index in [1.165, 1.54) is 7.05 Å². The van der Waals surface area contributed by atoms with E-state index in [1.54, 1.807) is 6.92 Å². The first-order chi connectivity index (χ1) is 7.83. The van der Waals surface area contributed by atoms with Crippen LogP contribution in [0.15, 0.2) is 15.0 Å². The summed E-state index contributed by atoms with van der Waals surface area (Å²) >= 11 is 0. The van der Waals surface area contributed by atoms with Crippen LogP contribution < -0.4 is 22.5 Å². The minimum Gasteiger partial charge on any atom is -0.454 e. The van der Waals surface area contributed by atoms with E-state index in [2.05, 4.69) is 20.3 Å². The Balaban J connectivity index is -0.000000108. The summed E-state index contributed by atoms with van der Waals surface area (Å²) < 4.78 is 0. The number of nitrogens with one attached hydrogen (secondary N) is 3. The minimum absolute atomic E-state index is 0. The fraction of sp³-hybridized carbons (Fsp3) is 0.444. The first kappa shape index (κ1) is 26.4. The Morgan fingerprint density at radius 2 is 1.79 bits per heavy atom. The van der Waals surface area contributed by atoms with Gasteiger partial charge in [-0.15, -0.1) is 0 Å². The summed E-state index contributed by atoms with van der Waals surface area (Å²) in [5, 5.41) is 9.49. The van der Waals surface area contributed by atoms with E-state index in [4.69, 9.17) is 28.3 Å². The van der Waals surface area contributed by atoms with Crippen LogP contribution >= 0.6 is 0 Å². The van der Waals surface area contributed by atoms with Gasteiger partial charge in [0, 0.05) is 52.3 Å². The van der Waals surface area contributed by atoms with Crippen molar-refractivity contribution in [3.05, 3.63) is 13.2 Å². The Hall–Kier alpha value is -1.22. The second-order valence-electron chi connectivity index (χ2n) is 2.69. The molecule has 0 aromatic carbocycles. The number of nitrogens with zero attached hydrogens (tertiary/aromatic N) is 3. The van der Waals surface area contributed by atoms with Crippen LogP contribution in [0.1, 0.15) is 13.8 Å². The predicted octanol–water partition coefficient (Wildman–Crippen LogP) is -0.347. The molecule has 1 radical (unpaired) electrons. The molecule has 0 aromatic heterocycles. The zero-order chi connectivity index (χ0) is 13.8. The van der Waals surface area contributed by atoms with Crippen molar-refractivity contribution < 1.29 is 32.7 Å². The molecule has 0 unspecified atom stereocenters. The zero-order valence-electron chi connectivity index (χ0n) is 11.9. The summed E-state index contributed by atoms with van der Waals surface area (Å²) in [6.07, 6.45) is 0. The van der Waals surface area contributed by atoms with E-state index in [-0.39, 0.29) is 52.1 Å². The maximum atomic E-state index is 6.93. The normalized spacial score (nSPS) is 11.2. The fourth-order valence-corrected chi connectivity index (χ4v) is 0.575. The third-order valence-electron chi connectivity index (χ3n) is 1.11. The molecule has 0 saturated heterocycles. The smallest absolute Gasteiger partial charge is 0.194 e. The maximum Gasteiger partial charge on any atom is 0.194 e. The SMILES string of the molecule is CCN=C(N)NC(C)=N.CN=C(N)N=C([NH-])N.[CH3-].[Y]. The molecule has 0 rings (SSSR count). The molecular formula is C9H23N9Y-2. The number of guanidine groups is 3. The molecule has 0 aromatic rings. The molecule has 10 heteroatoms. The molecule has 0 bridgehead atoms. The zero-order valence-corrected chi connectivity index (χ0v) is 14.7. The first-order valence-electron chi connectivity index (χ1n) is 4.73. The summed E-state index contributed by atoms with van der Waals surface area (Å²) in [5.74, 6) is 0.320. The summed E-state index contributed by atoms with van der Waals surface area (Å²) in [6, 6.07) is 0. The summed E-state index contributed by atoms with van der Waals surface area (Å²) in [5.41, 5.74) is 21.7. The van der Waals surface area contributed by atoms with Gasteiger partial charge in [-0.2, -0.15) is 0 Å². The molecule has 0 aliphatic heterocycles. The Kier molecular flexibility index (Phi) is 23.3. The molecule has 19 heavy (non-hydrogen) atoms. The number of aliphatic imine (C=N–C) groups is 3. The van der Waals surface area contributed by atoms with Crippen LogP contribution in [-0.4, -0.2) is 37.3 Å². The van der Waals surface area contributed by atoms with Crippen LogP contribution in [0.25, 0.3) is 5.73 Å². The molecule has 0 saturated carbocycles. The third kappa shape index (κ3) is 26.4. The van der Waals surface area contributed by atoms with Crippen molar-refractivity contribution in [1.29, 1.82) is 5.41 Å². The molecule has 0 aliphatic carbocycles. The van der Waals surface area contributed by atoms with Crippen LogP contribution in [0, 0.1) is 12.8 Å². The number of hydrogen-bond donors (Lipinski definition) is 5. The second kappa shape index (κ2) is 16.8. The van der Waals surface area contributed by atoms with E-state index in [9.17, 15) is 0 Å². The monoisotopic (exact) mass is 346 g/mol. The quantitative estimate of drug-likeness (QED) is 0.248. The van der Waals surface area contributed by atoms with Crippen LogP contribution in [0.3, 0.4) is 0 Å². The van der Waals surface area contributed by atoms with Crippen LogP contribution in [0.2, 0.25) is 0 Å². The van der Waals surface area contributed by atoms with Gasteiger partial charge in [-0.25, -0.2) is 0 Å². The van der Waals surface area contributed by atoms with Gasteiger partial charge in [-0.05, 0) is 13.8 Å². The fourth-order valence-electron chi connectivity index (χ4n) is 0.575. The standard InChI is InChI=1S/C5H12N4.C3H8N5.CH3.Y/c1-3-8-5(7)9-4(2)6;1-7-3(6)8-2(4)5;;/h3H2,1-2H3,(H4,6,7,8,9);1H3,(H5-,4,5,6,7,8);1H3;/q;2*-1;. The van der Waals surface area contributed by atoms with Gasteiger partial charge in [-0.1, -0.05) is 0 Å². The number of rotatable bonds is 1. The summed E-state index contributed by atoms with van der Waals surface area (Å²) in [7, 11) is 1.47.